The molecular weight excluding hydrogens is 270 g/mol. The second-order valence-corrected chi connectivity index (χ2v) is 6.09. The highest BCUT2D eigenvalue weighted by Crippen LogP contribution is 2.30. The van der Waals surface area contributed by atoms with E-state index in [2.05, 4.69) is 19.2 Å². The first-order valence-electron chi connectivity index (χ1n) is 7.22. The first-order valence-corrected chi connectivity index (χ1v) is 7.22. The van der Waals surface area contributed by atoms with Gasteiger partial charge in [0.1, 0.15) is 11.3 Å². The van der Waals surface area contributed by atoms with Crippen LogP contribution >= 0.6 is 0 Å². The Morgan fingerprint density at radius 1 is 1.29 bits per heavy atom. The molecule has 0 aliphatic heterocycles. The van der Waals surface area contributed by atoms with E-state index in [1.165, 1.54) is 12.1 Å². The predicted octanol–water partition coefficient (Wildman–Crippen LogP) is 2.73. The summed E-state index contributed by atoms with van der Waals surface area (Å²) in [5.41, 5.74) is 5.35. The number of carbonyl (C=O) groups is 1. The average Bonchev–Trinajstić information content (AvgIpc) is 2.36. The Morgan fingerprint density at radius 2 is 1.90 bits per heavy atom. The second-order valence-electron chi connectivity index (χ2n) is 6.09. The van der Waals surface area contributed by atoms with Crippen LogP contribution < -0.4 is 11.1 Å². The molecule has 0 heterocycles. The molecule has 2 rings (SSSR count). The molecular formula is C15H21N3O3. The van der Waals surface area contributed by atoms with Gasteiger partial charge in [0.2, 0.25) is 0 Å². The number of carbonyl (C=O) groups excluding carboxylic acids is 1. The minimum Gasteiger partial charge on any atom is -0.393 e. The number of hydrogen-bond donors (Lipinski definition) is 2. The van der Waals surface area contributed by atoms with E-state index >= 15 is 0 Å². The first-order chi connectivity index (χ1) is 9.88. The SMILES string of the molecule is CC1CC(C)CC(NC(=O)c2cccc(N)c2[N+](=O)[O-])C1. The molecule has 0 bridgehead atoms. The third kappa shape index (κ3) is 3.51. The van der Waals surface area contributed by atoms with Gasteiger partial charge in [-0.2, -0.15) is 0 Å². The number of nitrogens with two attached hydrogens (primary N) is 1. The summed E-state index contributed by atoms with van der Waals surface area (Å²) in [6.07, 6.45) is 2.98. The molecule has 3 N–H and O–H groups in total. The zero-order valence-corrected chi connectivity index (χ0v) is 12.3. The maximum absolute atomic E-state index is 12.3. The molecule has 2 unspecified atom stereocenters. The van der Waals surface area contributed by atoms with Gasteiger partial charge in [-0.05, 0) is 43.2 Å². The smallest absolute Gasteiger partial charge is 0.304 e. The van der Waals surface area contributed by atoms with E-state index in [1.807, 2.05) is 0 Å². The Morgan fingerprint density at radius 3 is 2.48 bits per heavy atom. The number of hydrogen-bond acceptors (Lipinski definition) is 4. The molecule has 1 amide bonds. The monoisotopic (exact) mass is 291 g/mol. The Hall–Kier alpha value is -2.11. The van der Waals surface area contributed by atoms with Crippen molar-refractivity contribution in [1.29, 1.82) is 0 Å². The number of nitrogens with zero attached hydrogens (tertiary/aromatic N) is 1. The number of para-hydroxylation sites is 1. The molecule has 0 saturated heterocycles. The zero-order chi connectivity index (χ0) is 15.6. The lowest BCUT2D eigenvalue weighted by atomic mass is 9.80. The lowest BCUT2D eigenvalue weighted by Crippen LogP contribution is -2.40. The third-order valence-electron chi connectivity index (χ3n) is 4.01. The first kappa shape index (κ1) is 15.3. The van der Waals surface area contributed by atoms with Gasteiger partial charge in [0.15, 0.2) is 0 Å². The van der Waals surface area contributed by atoms with Crippen molar-refractivity contribution in [2.24, 2.45) is 11.8 Å². The van der Waals surface area contributed by atoms with Gasteiger partial charge in [-0.3, -0.25) is 14.9 Å². The number of nitrogen functional groups attached to an aromatic ring is 1. The quantitative estimate of drug-likeness (QED) is 0.508. The van der Waals surface area contributed by atoms with Crippen LogP contribution in [0, 0.1) is 22.0 Å². The fourth-order valence-electron chi connectivity index (χ4n) is 3.28. The Kier molecular flexibility index (Phi) is 4.45. The highest BCUT2D eigenvalue weighted by Gasteiger charge is 2.28. The minimum absolute atomic E-state index is 0.0121. The minimum atomic E-state index is -0.601. The van der Waals surface area contributed by atoms with Gasteiger partial charge < -0.3 is 11.1 Å². The van der Waals surface area contributed by atoms with Crippen LogP contribution in [0.1, 0.15) is 43.5 Å². The van der Waals surface area contributed by atoms with Crippen LogP contribution in [0.15, 0.2) is 18.2 Å². The number of benzene rings is 1. The molecule has 0 aromatic heterocycles. The van der Waals surface area contributed by atoms with Crippen LogP contribution in [0.4, 0.5) is 11.4 Å². The lowest BCUT2D eigenvalue weighted by Gasteiger charge is -2.31. The molecule has 1 aromatic carbocycles. The third-order valence-corrected chi connectivity index (χ3v) is 4.01. The van der Waals surface area contributed by atoms with Crippen molar-refractivity contribution in [3.63, 3.8) is 0 Å². The van der Waals surface area contributed by atoms with Gasteiger partial charge in [-0.1, -0.05) is 19.9 Å². The summed E-state index contributed by atoms with van der Waals surface area (Å²) in [6, 6.07) is 4.50. The summed E-state index contributed by atoms with van der Waals surface area (Å²) >= 11 is 0. The van der Waals surface area contributed by atoms with Gasteiger partial charge in [0.05, 0.1) is 4.92 Å². The van der Waals surface area contributed by atoms with E-state index in [1.54, 1.807) is 6.07 Å². The van der Waals surface area contributed by atoms with E-state index in [0.29, 0.717) is 11.8 Å². The van der Waals surface area contributed by atoms with Crippen LogP contribution in [-0.4, -0.2) is 16.9 Å². The topological polar surface area (TPSA) is 98.3 Å². The number of anilines is 1. The molecule has 1 saturated carbocycles. The molecule has 1 aromatic rings. The van der Waals surface area contributed by atoms with Gasteiger partial charge >= 0.3 is 5.69 Å². The largest absolute Gasteiger partial charge is 0.393 e. The van der Waals surface area contributed by atoms with Crippen molar-refractivity contribution in [3.05, 3.63) is 33.9 Å². The molecule has 0 spiro atoms. The van der Waals surface area contributed by atoms with E-state index in [4.69, 9.17) is 5.73 Å². The van der Waals surface area contributed by atoms with E-state index in [-0.39, 0.29) is 23.0 Å². The summed E-state index contributed by atoms with van der Waals surface area (Å²) in [7, 11) is 0. The maximum atomic E-state index is 12.3. The molecule has 0 radical (unpaired) electrons. The second kappa shape index (κ2) is 6.11. The fourth-order valence-corrected chi connectivity index (χ4v) is 3.28. The van der Waals surface area contributed by atoms with Crippen molar-refractivity contribution >= 4 is 17.3 Å². The molecule has 6 nitrogen and oxygen atoms in total. The summed E-state index contributed by atoms with van der Waals surface area (Å²) in [5, 5.41) is 14.0. The normalized spacial score (nSPS) is 25.3. The Balaban J connectivity index is 2.17. The van der Waals surface area contributed by atoms with Gasteiger partial charge in [0, 0.05) is 6.04 Å². The molecule has 114 valence electrons. The van der Waals surface area contributed by atoms with E-state index in [0.717, 1.165) is 19.3 Å². The Bertz CT molecular complexity index is 549. The van der Waals surface area contributed by atoms with Crippen molar-refractivity contribution in [3.8, 4) is 0 Å². The number of nitrogens with one attached hydrogen (secondary N) is 1. The van der Waals surface area contributed by atoms with Crippen LogP contribution in [-0.2, 0) is 0 Å². The Labute approximate surface area is 123 Å². The molecule has 6 heteroatoms. The standard InChI is InChI=1S/C15H21N3O3/c1-9-6-10(2)8-11(7-9)17-15(19)12-4-3-5-13(16)14(12)18(20)21/h3-5,9-11H,6-8,16H2,1-2H3,(H,17,19). The lowest BCUT2D eigenvalue weighted by molar-refractivity contribution is -0.384. The predicted molar refractivity (Wildman–Crippen MR) is 80.9 cm³/mol. The van der Waals surface area contributed by atoms with Crippen molar-refractivity contribution in [2.45, 2.75) is 39.2 Å². The summed E-state index contributed by atoms with van der Waals surface area (Å²) in [6.45, 7) is 4.33. The van der Waals surface area contributed by atoms with Gasteiger partial charge in [0.25, 0.3) is 5.91 Å². The van der Waals surface area contributed by atoms with E-state index < -0.39 is 10.8 Å². The number of amides is 1. The van der Waals surface area contributed by atoms with Crippen LogP contribution in [0.25, 0.3) is 0 Å². The van der Waals surface area contributed by atoms with Crippen LogP contribution in [0.5, 0.6) is 0 Å². The zero-order valence-electron chi connectivity index (χ0n) is 12.3. The molecule has 21 heavy (non-hydrogen) atoms. The molecule has 2 atom stereocenters. The van der Waals surface area contributed by atoms with Crippen LogP contribution in [0.2, 0.25) is 0 Å². The van der Waals surface area contributed by atoms with Gasteiger partial charge in [-0.15, -0.1) is 0 Å². The van der Waals surface area contributed by atoms with Crippen LogP contribution in [0.3, 0.4) is 0 Å². The summed E-state index contributed by atoms with van der Waals surface area (Å²) in [5.74, 6) is 0.685. The van der Waals surface area contributed by atoms with Gasteiger partial charge in [-0.25, -0.2) is 0 Å². The molecule has 1 aliphatic rings. The van der Waals surface area contributed by atoms with E-state index in [9.17, 15) is 14.9 Å². The number of nitro groups is 1. The average molecular weight is 291 g/mol. The summed E-state index contributed by atoms with van der Waals surface area (Å²) < 4.78 is 0. The van der Waals surface area contributed by atoms with Crippen molar-refractivity contribution in [1.82, 2.24) is 5.32 Å². The fraction of sp³-hybridized carbons (Fsp3) is 0.533. The highest BCUT2D eigenvalue weighted by molar-refractivity contribution is 6.00. The van der Waals surface area contributed by atoms with Crippen molar-refractivity contribution in [2.75, 3.05) is 5.73 Å². The molecule has 1 aliphatic carbocycles. The molecule has 1 fully saturated rings. The van der Waals surface area contributed by atoms with Crippen molar-refractivity contribution < 1.29 is 9.72 Å². The number of nitro benzene ring substituents is 1. The number of rotatable bonds is 3. The summed E-state index contributed by atoms with van der Waals surface area (Å²) in [4.78, 5) is 22.8. The maximum Gasteiger partial charge on any atom is 0.304 e. The highest BCUT2D eigenvalue weighted by atomic mass is 16.6.